The molecule has 2 saturated carbocycles. The topological polar surface area (TPSA) is 88.9 Å². The number of carbonyl (C=O) groups is 2. The average molecular weight is 361 g/mol. The summed E-state index contributed by atoms with van der Waals surface area (Å²) in [6, 6.07) is 0.385. The molecule has 2 aliphatic carbocycles. The van der Waals surface area contributed by atoms with Gasteiger partial charge in [0.2, 0.25) is 11.8 Å². The maximum Gasteiger partial charge on any atom is 0.220 e. The van der Waals surface area contributed by atoms with Crippen LogP contribution in [0.4, 0.5) is 0 Å². The van der Waals surface area contributed by atoms with Gasteiger partial charge in [-0.3, -0.25) is 14.3 Å². The van der Waals surface area contributed by atoms with Gasteiger partial charge in [-0.05, 0) is 38.0 Å². The molecular formula is C19H31N5O2. The number of aryl methyl sites for hydroxylation is 2. The molecule has 2 aliphatic rings. The number of nitrogens with one attached hydrogen (secondary N) is 2. The fourth-order valence-corrected chi connectivity index (χ4v) is 3.62. The molecule has 0 aromatic carbocycles. The molecule has 2 fully saturated rings. The minimum absolute atomic E-state index is 0.0926. The van der Waals surface area contributed by atoms with Gasteiger partial charge in [0.25, 0.3) is 0 Å². The Bertz CT molecular complexity index is 591. The minimum Gasteiger partial charge on any atom is -0.356 e. The van der Waals surface area contributed by atoms with Crippen LogP contribution < -0.4 is 10.6 Å². The first kappa shape index (κ1) is 18.9. The first-order valence-corrected chi connectivity index (χ1v) is 10.1. The van der Waals surface area contributed by atoms with E-state index in [2.05, 4.69) is 20.9 Å². The van der Waals surface area contributed by atoms with Crippen molar-refractivity contribution in [3.05, 3.63) is 11.9 Å². The van der Waals surface area contributed by atoms with E-state index in [1.807, 2.05) is 6.20 Å². The van der Waals surface area contributed by atoms with Crippen LogP contribution >= 0.6 is 0 Å². The third kappa shape index (κ3) is 6.11. The van der Waals surface area contributed by atoms with Crippen molar-refractivity contribution in [2.24, 2.45) is 5.92 Å². The molecule has 144 valence electrons. The molecule has 0 bridgehead atoms. The Morgan fingerprint density at radius 2 is 1.88 bits per heavy atom. The minimum atomic E-state index is 0.0926. The average Bonchev–Trinajstić information content (AvgIpc) is 3.23. The number of amides is 2. The van der Waals surface area contributed by atoms with E-state index < -0.39 is 0 Å². The molecule has 1 heterocycles. The molecule has 0 atom stereocenters. The van der Waals surface area contributed by atoms with E-state index in [1.54, 1.807) is 4.68 Å². The third-order valence-corrected chi connectivity index (χ3v) is 5.52. The van der Waals surface area contributed by atoms with Gasteiger partial charge in [-0.15, -0.1) is 5.10 Å². The van der Waals surface area contributed by atoms with Crippen molar-refractivity contribution in [2.45, 2.75) is 83.2 Å². The fourth-order valence-electron chi connectivity index (χ4n) is 3.62. The van der Waals surface area contributed by atoms with E-state index in [1.165, 1.54) is 32.1 Å². The standard InChI is InChI=1S/C19H31N5O2/c25-18(20-13-15-5-3-6-15)11-10-17-14-24(23-22-17)12-4-9-19(26)21-16-7-1-2-8-16/h14-16H,1-13H2,(H,20,25)(H,21,26). The second kappa shape index (κ2) is 9.69. The Balaban J connectivity index is 1.27. The van der Waals surface area contributed by atoms with E-state index in [0.717, 1.165) is 31.5 Å². The van der Waals surface area contributed by atoms with Crippen LogP contribution in [0.15, 0.2) is 6.20 Å². The zero-order chi connectivity index (χ0) is 18.2. The fraction of sp³-hybridized carbons (Fsp3) is 0.789. The molecule has 7 nitrogen and oxygen atoms in total. The molecule has 1 aromatic rings. The first-order valence-electron chi connectivity index (χ1n) is 10.1. The van der Waals surface area contributed by atoms with E-state index in [4.69, 9.17) is 0 Å². The summed E-state index contributed by atoms with van der Waals surface area (Å²) in [5, 5.41) is 14.3. The van der Waals surface area contributed by atoms with Gasteiger partial charge in [0.15, 0.2) is 0 Å². The summed E-state index contributed by atoms with van der Waals surface area (Å²) in [6.45, 7) is 1.49. The number of aromatic nitrogens is 3. The van der Waals surface area contributed by atoms with Gasteiger partial charge in [0.1, 0.15) is 0 Å². The number of nitrogens with zero attached hydrogens (tertiary/aromatic N) is 3. The van der Waals surface area contributed by atoms with Gasteiger partial charge >= 0.3 is 0 Å². The van der Waals surface area contributed by atoms with Crippen LogP contribution in [0.25, 0.3) is 0 Å². The zero-order valence-electron chi connectivity index (χ0n) is 15.6. The van der Waals surface area contributed by atoms with Crippen molar-refractivity contribution < 1.29 is 9.59 Å². The normalized spacial score (nSPS) is 17.8. The summed E-state index contributed by atoms with van der Waals surface area (Å²) in [7, 11) is 0. The first-order chi connectivity index (χ1) is 12.7. The lowest BCUT2D eigenvalue weighted by atomic mass is 9.85. The molecular weight excluding hydrogens is 330 g/mol. The van der Waals surface area contributed by atoms with Crippen molar-refractivity contribution >= 4 is 11.8 Å². The summed E-state index contributed by atoms with van der Waals surface area (Å²) in [6.07, 6.45) is 12.7. The predicted molar refractivity (Wildman–Crippen MR) is 98.3 cm³/mol. The van der Waals surface area contributed by atoms with E-state index in [-0.39, 0.29) is 11.8 Å². The van der Waals surface area contributed by atoms with Crippen LogP contribution in [-0.4, -0.2) is 39.4 Å². The molecule has 2 amide bonds. The van der Waals surface area contributed by atoms with Crippen LogP contribution in [0.2, 0.25) is 0 Å². The second-order valence-electron chi connectivity index (χ2n) is 7.73. The molecule has 0 saturated heterocycles. The Labute approximate surface area is 155 Å². The van der Waals surface area contributed by atoms with Crippen molar-refractivity contribution in [1.29, 1.82) is 0 Å². The smallest absolute Gasteiger partial charge is 0.220 e. The van der Waals surface area contributed by atoms with E-state index >= 15 is 0 Å². The van der Waals surface area contributed by atoms with E-state index in [0.29, 0.717) is 37.8 Å². The second-order valence-corrected chi connectivity index (χ2v) is 7.73. The Morgan fingerprint density at radius 3 is 2.62 bits per heavy atom. The van der Waals surface area contributed by atoms with Gasteiger partial charge in [-0.25, -0.2) is 0 Å². The highest BCUT2D eigenvalue weighted by Gasteiger charge is 2.18. The van der Waals surface area contributed by atoms with Crippen LogP contribution in [0.1, 0.15) is 69.9 Å². The zero-order valence-corrected chi connectivity index (χ0v) is 15.6. The van der Waals surface area contributed by atoms with Crippen LogP contribution in [0.5, 0.6) is 0 Å². The monoisotopic (exact) mass is 361 g/mol. The summed E-state index contributed by atoms with van der Waals surface area (Å²) in [4.78, 5) is 23.8. The van der Waals surface area contributed by atoms with Gasteiger partial charge in [-0.1, -0.05) is 24.5 Å². The van der Waals surface area contributed by atoms with Crippen molar-refractivity contribution in [1.82, 2.24) is 25.6 Å². The summed E-state index contributed by atoms with van der Waals surface area (Å²) >= 11 is 0. The summed E-state index contributed by atoms with van der Waals surface area (Å²) in [5.41, 5.74) is 0.833. The third-order valence-electron chi connectivity index (χ3n) is 5.52. The molecule has 0 unspecified atom stereocenters. The highest BCUT2D eigenvalue weighted by molar-refractivity contribution is 5.76. The maximum absolute atomic E-state index is 11.9. The molecule has 0 aliphatic heterocycles. The van der Waals surface area contributed by atoms with Crippen LogP contribution in [-0.2, 0) is 22.6 Å². The predicted octanol–water partition coefficient (Wildman–Crippen LogP) is 1.97. The Hall–Kier alpha value is -1.92. The number of rotatable bonds is 10. The molecule has 26 heavy (non-hydrogen) atoms. The maximum atomic E-state index is 11.9. The van der Waals surface area contributed by atoms with Crippen LogP contribution in [0, 0.1) is 5.92 Å². The highest BCUT2D eigenvalue weighted by Crippen LogP contribution is 2.25. The van der Waals surface area contributed by atoms with E-state index in [9.17, 15) is 9.59 Å². The van der Waals surface area contributed by atoms with Crippen molar-refractivity contribution in [3.8, 4) is 0 Å². The molecule has 0 spiro atoms. The number of carbonyl (C=O) groups excluding carboxylic acids is 2. The Morgan fingerprint density at radius 1 is 1.08 bits per heavy atom. The molecule has 0 radical (unpaired) electrons. The molecule has 1 aromatic heterocycles. The lowest BCUT2D eigenvalue weighted by Gasteiger charge is -2.25. The van der Waals surface area contributed by atoms with Gasteiger partial charge in [0, 0.05) is 44.6 Å². The number of hydrogen-bond acceptors (Lipinski definition) is 4. The molecule has 3 rings (SSSR count). The van der Waals surface area contributed by atoms with Crippen molar-refractivity contribution in [3.63, 3.8) is 0 Å². The summed E-state index contributed by atoms with van der Waals surface area (Å²) < 4.78 is 1.77. The van der Waals surface area contributed by atoms with Crippen molar-refractivity contribution in [2.75, 3.05) is 6.54 Å². The summed E-state index contributed by atoms with van der Waals surface area (Å²) in [5.74, 6) is 0.918. The quantitative estimate of drug-likeness (QED) is 0.667. The molecule has 2 N–H and O–H groups in total. The number of hydrogen-bond donors (Lipinski definition) is 2. The largest absolute Gasteiger partial charge is 0.356 e. The lowest BCUT2D eigenvalue weighted by molar-refractivity contribution is -0.122. The van der Waals surface area contributed by atoms with Gasteiger partial charge in [0.05, 0.1) is 5.69 Å². The lowest BCUT2D eigenvalue weighted by Crippen LogP contribution is -2.32. The van der Waals surface area contributed by atoms with Crippen LogP contribution in [0.3, 0.4) is 0 Å². The highest BCUT2D eigenvalue weighted by atomic mass is 16.2. The van der Waals surface area contributed by atoms with Gasteiger partial charge < -0.3 is 10.6 Å². The SMILES string of the molecule is O=C(CCc1cn(CCCC(=O)NC2CCCC2)nn1)NCC1CCC1. The van der Waals surface area contributed by atoms with Gasteiger partial charge in [-0.2, -0.15) is 0 Å². The Kier molecular flexibility index (Phi) is 7.03. The molecule has 7 heteroatoms.